The fourth-order valence-electron chi connectivity index (χ4n) is 10.8. The van der Waals surface area contributed by atoms with Crippen LogP contribution in [0.15, 0.2) is 0 Å². The number of rotatable bonds is 7. The summed E-state index contributed by atoms with van der Waals surface area (Å²) in [6.07, 6.45) is -61.5. The van der Waals surface area contributed by atoms with Crippen LogP contribution in [0.3, 0.4) is 0 Å². The van der Waals surface area contributed by atoms with Crippen molar-refractivity contribution in [3.05, 3.63) is 0 Å². The molecule has 21 rings (SSSR count). The van der Waals surface area contributed by atoms with E-state index >= 15 is 0 Å². The lowest BCUT2D eigenvalue weighted by Crippen LogP contribution is -2.68. The van der Waals surface area contributed by atoms with Crippen molar-refractivity contribution in [3.63, 3.8) is 0 Å². The van der Waals surface area contributed by atoms with Crippen LogP contribution in [0.1, 0.15) is 0 Å². The molecule has 34 heteroatoms. The molecule has 0 unspecified atom stereocenters. The predicted octanol–water partition coefficient (Wildman–Crippen LogP) is -14.6. The molecule has 0 aromatic heterocycles. The number of ether oxygens (including phenoxy) is 14. The Morgan fingerprint density at radius 1 is 0.197 bits per heavy atom. The summed E-state index contributed by atoms with van der Waals surface area (Å²) in [5.74, 6) is 0. The van der Waals surface area contributed by atoms with Crippen LogP contribution in [0.2, 0.25) is 0 Å². The van der Waals surface area contributed by atoms with Crippen molar-refractivity contribution in [2.75, 3.05) is 46.2 Å². The van der Waals surface area contributed by atoms with Crippen LogP contribution in [0.25, 0.3) is 0 Å². The van der Waals surface area contributed by atoms with Gasteiger partial charge in [-0.1, -0.05) is 0 Å². The van der Waals surface area contributed by atoms with Gasteiger partial charge in [0.05, 0.1) is 58.3 Å². The normalized spacial score (nSPS) is 56.3. The van der Waals surface area contributed by atoms with E-state index in [0.717, 1.165) is 0 Å². The molecule has 0 aromatic carbocycles. The Morgan fingerprint density at radius 3 is 0.579 bits per heavy atom. The lowest BCUT2D eigenvalue weighted by molar-refractivity contribution is -0.396. The van der Waals surface area contributed by atoms with Gasteiger partial charge in [-0.15, -0.1) is 0 Å². The number of hydrogen-bond acceptors (Lipinski definition) is 34. The molecule has 76 heavy (non-hydrogen) atoms. The molecule has 0 saturated carbocycles. The average molecular weight is 1120 g/mol. The van der Waals surface area contributed by atoms with Gasteiger partial charge < -0.3 is 169 Å². The predicted molar refractivity (Wildman–Crippen MR) is 227 cm³/mol. The second-order valence-corrected chi connectivity index (χ2v) is 19.9. The second kappa shape index (κ2) is 24.6. The minimum absolute atomic E-state index is 0.772. The highest BCUT2D eigenvalue weighted by molar-refractivity contribution is 5.12. The molecule has 21 aliphatic heterocycles. The van der Waals surface area contributed by atoms with Crippen LogP contribution in [0.4, 0.5) is 0 Å². The van der Waals surface area contributed by atoms with Crippen molar-refractivity contribution in [3.8, 4) is 0 Å². The number of fused-ring (bicyclic) bond motifs is 1. The molecule has 0 aliphatic carbocycles. The molecule has 21 fully saturated rings. The molecule has 0 radical (unpaired) electrons. The highest BCUT2D eigenvalue weighted by atomic mass is 16.8. The zero-order valence-corrected chi connectivity index (χ0v) is 39.9. The zero-order chi connectivity index (χ0) is 54.8. The van der Waals surface area contributed by atoms with Crippen molar-refractivity contribution in [1.82, 2.24) is 5.32 Å². The summed E-state index contributed by atoms with van der Waals surface area (Å²) in [6.45, 7) is -6.67. The summed E-state index contributed by atoms with van der Waals surface area (Å²) >= 11 is 0. The Kier molecular flexibility index (Phi) is 19.2. The molecule has 14 bridgehead atoms. The van der Waals surface area contributed by atoms with E-state index < -0.39 is 261 Å². The number of aliphatic hydroxyl groups is 19. The van der Waals surface area contributed by atoms with E-state index in [1.807, 2.05) is 0 Å². The van der Waals surface area contributed by atoms with Crippen molar-refractivity contribution < 1.29 is 163 Å². The standard InChI is InChI=1S/C42H69NO33/c44-1-8-29-15-16(43-15)36(63-8)71-30-9(2-45)65-38(24(58)17(30)51)73-32-11(4-47)67-40(26(60)19(32)53)75-34-13(6-49)69-42(28(62)21(34)55)76-35-14(7-50)68-41(27(61)22(35)56)74-33-12(5-48)66-39(25(59)20(33)54)72-31-10(3-46)64-37(70-29)23(57)18(31)52/h8-62H,1-7H2/t8-,9-,10-,11-,12-,13-,14-,15+,16-,17-,18-,19-,20-,21-,22-,23-,24-,25-,26-,27-,28-,29-,30-,31-,32-,33-,34-,35-,36-,37-,38-,39-,40-,41-,42-/m1/s1. The molecule has 0 spiro atoms. The van der Waals surface area contributed by atoms with Crippen molar-refractivity contribution >= 4 is 0 Å². The molecule has 21 saturated heterocycles. The molecule has 21 heterocycles. The smallest absolute Gasteiger partial charge is 0.187 e. The van der Waals surface area contributed by atoms with Gasteiger partial charge in [-0.05, 0) is 0 Å². The van der Waals surface area contributed by atoms with E-state index in [1.54, 1.807) is 0 Å². The molecule has 440 valence electrons. The summed E-state index contributed by atoms with van der Waals surface area (Å²) in [5, 5.41) is 211. The van der Waals surface area contributed by atoms with Gasteiger partial charge >= 0.3 is 0 Å². The third-order valence-electron chi connectivity index (χ3n) is 15.1. The van der Waals surface area contributed by atoms with Gasteiger partial charge in [0.15, 0.2) is 44.0 Å². The van der Waals surface area contributed by atoms with E-state index in [4.69, 9.17) is 66.3 Å². The summed E-state index contributed by atoms with van der Waals surface area (Å²) < 4.78 is 81.0. The Bertz CT molecular complexity index is 1850. The van der Waals surface area contributed by atoms with Crippen molar-refractivity contribution in [1.29, 1.82) is 0 Å². The Morgan fingerprint density at radius 2 is 0.368 bits per heavy atom. The summed E-state index contributed by atoms with van der Waals surface area (Å²) in [5.41, 5.74) is 0. The van der Waals surface area contributed by atoms with Gasteiger partial charge in [0.25, 0.3) is 0 Å². The highest BCUT2D eigenvalue weighted by Gasteiger charge is 2.62. The quantitative estimate of drug-likeness (QED) is 0.105. The van der Waals surface area contributed by atoms with Crippen LogP contribution in [-0.4, -0.2) is 358 Å². The Labute approximate surface area is 429 Å². The van der Waals surface area contributed by atoms with Gasteiger partial charge in [0.2, 0.25) is 0 Å². The average Bonchev–Trinajstić information content (AvgIpc) is 4.28. The number of aliphatic hydroxyl groups excluding tert-OH is 19. The summed E-state index contributed by atoms with van der Waals surface area (Å²) in [4.78, 5) is 0. The topological polar surface area (TPSA) is 536 Å². The molecule has 0 aromatic rings. The second-order valence-electron chi connectivity index (χ2n) is 19.9. The van der Waals surface area contributed by atoms with E-state index in [2.05, 4.69) is 5.32 Å². The molecule has 0 amide bonds. The maximum atomic E-state index is 11.4. The first-order valence-corrected chi connectivity index (χ1v) is 24.7. The molecule has 35 atom stereocenters. The molecular weight excluding hydrogens is 1050 g/mol. The van der Waals surface area contributed by atoms with Gasteiger partial charge in [-0.25, -0.2) is 0 Å². The molecule has 21 aliphatic rings. The first-order chi connectivity index (χ1) is 36.3. The number of nitrogens with one attached hydrogen (secondary N) is 1. The summed E-state index contributed by atoms with van der Waals surface area (Å²) in [7, 11) is 0. The van der Waals surface area contributed by atoms with Crippen molar-refractivity contribution in [2.24, 2.45) is 0 Å². The van der Waals surface area contributed by atoms with Crippen LogP contribution in [0.5, 0.6) is 0 Å². The highest BCUT2D eigenvalue weighted by Crippen LogP contribution is 2.40. The Balaban J connectivity index is 0.984. The largest absolute Gasteiger partial charge is 0.394 e. The lowest BCUT2D eigenvalue weighted by atomic mass is 9.95. The van der Waals surface area contributed by atoms with Crippen LogP contribution < -0.4 is 5.32 Å². The van der Waals surface area contributed by atoms with Gasteiger partial charge in [-0.2, -0.15) is 0 Å². The first kappa shape index (κ1) is 59.3. The maximum absolute atomic E-state index is 11.4. The van der Waals surface area contributed by atoms with Crippen LogP contribution >= 0.6 is 0 Å². The number of hydrogen-bond donors (Lipinski definition) is 20. The van der Waals surface area contributed by atoms with E-state index in [9.17, 15) is 97.0 Å². The zero-order valence-electron chi connectivity index (χ0n) is 39.9. The monoisotopic (exact) mass is 1120 g/mol. The van der Waals surface area contributed by atoms with E-state index in [1.165, 1.54) is 0 Å². The van der Waals surface area contributed by atoms with Gasteiger partial charge in [0.1, 0.15) is 159 Å². The minimum atomic E-state index is -2.18. The van der Waals surface area contributed by atoms with Crippen molar-refractivity contribution in [2.45, 2.75) is 215 Å². The van der Waals surface area contributed by atoms with E-state index in [0.29, 0.717) is 0 Å². The fraction of sp³-hybridized carbons (Fsp3) is 1.00. The molecule has 34 nitrogen and oxygen atoms in total. The summed E-state index contributed by atoms with van der Waals surface area (Å²) in [6, 6.07) is -1.59. The SMILES string of the molecule is OC[C@H]1O[C@@H]2O[C@H]3[C@H](O)[C@@H](O)[C@@H](O[C@H]4[C@H](O)[C@@H](O)[C@@H](O[C@H]5[C@H]6N[C@H]6[C@@H](O[C@H]6[C@H](O)[C@@H](O)[C@@H](O[C@H]7[C@H](O)[C@@H](O)[C@@H](O[C@H]8[C@H](O)[C@@H](O)[C@@H](O[C@H]1[C@H](O)[C@H]2O)O[C@@H]8CO)O[C@@H]7CO)O[C@@H]6CO)O[C@@H]5CO)O[C@@H]4CO)O[C@@H]3CO. The fourth-order valence-corrected chi connectivity index (χ4v) is 10.8. The molecule has 20 N–H and O–H groups in total. The first-order valence-electron chi connectivity index (χ1n) is 24.7. The maximum Gasteiger partial charge on any atom is 0.187 e. The minimum Gasteiger partial charge on any atom is -0.394 e. The van der Waals surface area contributed by atoms with Crippen LogP contribution in [-0.2, 0) is 66.3 Å². The van der Waals surface area contributed by atoms with Gasteiger partial charge in [-0.3, -0.25) is 0 Å². The van der Waals surface area contributed by atoms with Crippen LogP contribution in [0, 0.1) is 0 Å². The lowest BCUT2D eigenvalue weighted by Gasteiger charge is -2.50. The third kappa shape index (κ3) is 11.2. The Hall–Kier alpha value is -1.36. The molecular formula is C42H69NO33. The van der Waals surface area contributed by atoms with E-state index in [-0.39, 0.29) is 0 Å². The van der Waals surface area contributed by atoms with Gasteiger partial charge in [0, 0.05) is 0 Å². The third-order valence-corrected chi connectivity index (χ3v) is 15.1.